The van der Waals surface area contributed by atoms with Crippen molar-refractivity contribution in [2.45, 2.75) is 32.0 Å². The van der Waals surface area contributed by atoms with Crippen molar-refractivity contribution in [2.75, 3.05) is 0 Å². The number of aromatic nitrogens is 2. The highest BCUT2D eigenvalue weighted by Crippen LogP contribution is 2.34. The van der Waals surface area contributed by atoms with Gasteiger partial charge in [-0.05, 0) is 6.42 Å². The van der Waals surface area contributed by atoms with Crippen LogP contribution in [0.1, 0.15) is 17.9 Å². The Balaban J connectivity index is 2.15. The summed E-state index contributed by atoms with van der Waals surface area (Å²) in [5.74, 6) is -1.85. The molecule has 0 bridgehead atoms. The summed E-state index contributed by atoms with van der Waals surface area (Å²) in [7, 11) is 0. The summed E-state index contributed by atoms with van der Waals surface area (Å²) >= 11 is 0. The Hall–Kier alpha value is -1.53. The Morgan fingerprint density at radius 1 is 1.59 bits per heavy atom. The van der Waals surface area contributed by atoms with E-state index in [1.807, 2.05) is 0 Å². The Morgan fingerprint density at radius 2 is 2.29 bits per heavy atom. The van der Waals surface area contributed by atoms with Gasteiger partial charge in [0, 0.05) is 19.2 Å². The first-order valence-corrected chi connectivity index (χ1v) is 5.19. The molecule has 0 radical (unpaired) electrons. The Labute approximate surface area is 95.1 Å². The molecule has 1 aromatic heterocycles. The molecular weight excluding hydrogens is 237 g/mol. The molecule has 0 aromatic carbocycles. The van der Waals surface area contributed by atoms with E-state index in [0.717, 1.165) is 0 Å². The van der Waals surface area contributed by atoms with E-state index < -0.39 is 18.1 Å². The summed E-state index contributed by atoms with van der Waals surface area (Å²) in [6.45, 7) is -0.161. The molecule has 1 unspecified atom stereocenters. The van der Waals surface area contributed by atoms with Gasteiger partial charge in [-0.3, -0.25) is 4.79 Å². The third-order valence-corrected chi connectivity index (χ3v) is 2.84. The van der Waals surface area contributed by atoms with Crippen LogP contribution >= 0.6 is 0 Å². The second kappa shape index (κ2) is 4.05. The van der Waals surface area contributed by atoms with Gasteiger partial charge in [-0.15, -0.1) is 0 Å². The van der Waals surface area contributed by atoms with Gasteiger partial charge >= 0.3 is 12.1 Å². The van der Waals surface area contributed by atoms with Crippen molar-refractivity contribution in [3.8, 4) is 0 Å². The molecule has 0 saturated heterocycles. The molecule has 94 valence electrons. The normalized spacial score (nSPS) is 20.1. The molecule has 17 heavy (non-hydrogen) atoms. The molecule has 1 atom stereocenters. The smallest absolute Gasteiger partial charge is 0.393 e. The molecule has 7 heteroatoms. The van der Waals surface area contributed by atoms with Crippen LogP contribution in [-0.4, -0.2) is 26.8 Å². The summed E-state index contributed by atoms with van der Waals surface area (Å²) in [5.41, 5.74) is 0.315. The minimum atomic E-state index is -4.20. The van der Waals surface area contributed by atoms with Crippen molar-refractivity contribution in [3.63, 3.8) is 0 Å². The first-order chi connectivity index (χ1) is 7.86. The predicted molar refractivity (Wildman–Crippen MR) is 51.4 cm³/mol. The van der Waals surface area contributed by atoms with Gasteiger partial charge in [0.25, 0.3) is 0 Å². The van der Waals surface area contributed by atoms with E-state index in [-0.39, 0.29) is 25.8 Å². The predicted octanol–water partition coefficient (Wildman–Crippen LogP) is 1.63. The van der Waals surface area contributed by atoms with Crippen LogP contribution in [0.4, 0.5) is 13.2 Å². The van der Waals surface area contributed by atoms with Crippen LogP contribution < -0.4 is 0 Å². The number of aryl methyl sites for hydroxylation is 1. The monoisotopic (exact) mass is 248 g/mol. The molecule has 0 saturated carbocycles. The van der Waals surface area contributed by atoms with Crippen molar-refractivity contribution in [2.24, 2.45) is 5.92 Å². The van der Waals surface area contributed by atoms with E-state index in [2.05, 4.69) is 4.98 Å². The van der Waals surface area contributed by atoms with E-state index in [9.17, 15) is 18.0 Å². The van der Waals surface area contributed by atoms with Crippen molar-refractivity contribution < 1.29 is 23.1 Å². The zero-order valence-electron chi connectivity index (χ0n) is 8.87. The maximum atomic E-state index is 12.5. The van der Waals surface area contributed by atoms with Gasteiger partial charge in [0.1, 0.15) is 5.82 Å². The van der Waals surface area contributed by atoms with Gasteiger partial charge in [-0.2, -0.15) is 13.2 Å². The van der Waals surface area contributed by atoms with E-state index in [1.165, 1.54) is 10.8 Å². The summed E-state index contributed by atoms with van der Waals surface area (Å²) in [6, 6.07) is 0. The van der Waals surface area contributed by atoms with Crippen molar-refractivity contribution in [1.82, 2.24) is 9.55 Å². The fraction of sp³-hybridized carbons (Fsp3) is 0.600. The Morgan fingerprint density at radius 3 is 2.88 bits per heavy atom. The van der Waals surface area contributed by atoms with E-state index >= 15 is 0 Å². The number of carbonyl (C=O) groups is 1. The highest BCUT2D eigenvalue weighted by atomic mass is 19.4. The summed E-state index contributed by atoms with van der Waals surface area (Å²) in [5, 5.41) is 8.58. The number of hydrogen-bond donors (Lipinski definition) is 1. The summed E-state index contributed by atoms with van der Waals surface area (Å²) < 4.78 is 39.0. The average molecular weight is 248 g/mol. The van der Waals surface area contributed by atoms with Crippen LogP contribution in [0.5, 0.6) is 0 Å². The lowest BCUT2D eigenvalue weighted by Gasteiger charge is -2.25. The van der Waals surface area contributed by atoms with E-state index in [0.29, 0.717) is 11.5 Å². The molecular formula is C10H11F3N2O2. The highest BCUT2D eigenvalue weighted by Gasteiger charge is 2.41. The molecule has 4 nitrogen and oxygen atoms in total. The van der Waals surface area contributed by atoms with Crippen molar-refractivity contribution in [1.29, 1.82) is 0 Å². The molecule has 1 N–H and O–H groups in total. The van der Waals surface area contributed by atoms with Gasteiger partial charge in [-0.1, -0.05) is 0 Å². The lowest BCUT2D eigenvalue weighted by molar-refractivity contribution is -0.182. The fourth-order valence-corrected chi connectivity index (χ4v) is 2.01. The fourth-order valence-electron chi connectivity index (χ4n) is 2.01. The number of aliphatic carboxylic acids is 1. The van der Waals surface area contributed by atoms with Crippen LogP contribution in [0.15, 0.2) is 6.20 Å². The second-order valence-corrected chi connectivity index (χ2v) is 4.15. The van der Waals surface area contributed by atoms with E-state index in [1.54, 1.807) is 0 Å². The first-order valence-electron chi connectivity index (χ1n) is 5.19. The third kappa shape index (κ3) is 2.59. The van der Waals surface area contributed by atoms with Crippen LogP contribution in [0, 0.1) is 5.92 Å². The van der Waals surface area contributed by atoms with Gasteiger partial charge in [0.05, 0.1) is 18.0 Å². The molecule has 2 heterocycles. The van der Waals surface area contributed by atoms with E-state index in [4.69, 9.17) is 5.11 Å². The van der Waals surface area contributed by atoms with Gasteiger partial charge in [-0.25, -0.2) is 4.98 Å². The maximum absolute atomic E-state index is 12.5. The minimum Gasteiger partial charge on any atom is -0.481 e. The first kappa shape index (κ1) is 11.9. The maximum Gasteiger partial charge on any atom is 0.393 e. The van der Waals surface area contributed by atoms with Crippen LogP contribution in [0.25, 0.3) is 0 Å². The van der Waals surface area contributed by atoms with Crippen LogP contribution in [0.2, 0.25) is 0 Å². The number of fused-ring (bicyclic) bond motifs is 1. The molecule has 0 amide bonds. The topological polar surface area (TPSA) is 55.1 Å². The zero-order chi connectivity index (χ0) is 12.6. The average Bonchev–Trinajstić information content (AvgIpc) is 2.55. The molecule has 1 aliphatic rings. The number of halogens is 3. The lowest BCUT2D eigenvalue weighted by atomic mass is 9.99. The molecule has 0 spiro atoms. The van der Waals surface area contributed by atoms with Crippen LogP contribution in [-0.2, 0) is 24.2 Å². The van der Waals surface area contributed by atoms with Gasteiger partial charge in [0.2, 0.25) is 0 Å². The van der Waals surface area contributed by atoms with Crippen molar-refractivity contribution >= 4 is 5.97 Å². The Bertz CT molecular complexity index is 439. The summed E-state index contributed by atoms with van der Waals surface area (Å²) in [6.07, 6.45) is -2.79. The number of alkyl halides is 3. The number of hydrogen-bond acceptors (Lipinski definition) is 2. The van der Waals surface area contributed by atoms with Crippen LogP contribution in [0.3, 0.4) is 0 Å². The summed E-state index contributed by atoms with van der Waals surface area (Å²) in [4.78, 5) is 14.5. The third-order valence-electron chi connectivity index (χ3n) is 2.84. The number of carboxylic acid groups (broad SMARTS) is 1. The Kier molecular flexibility index (Phi) is 2.84. The molecule has 2 rings (SSSR count). The van der Waals surface area contributed by atoms with Gasteiger partial charge < -0.3 is 9.67 Å². The number of rotatable bonds is 2. The molecule has 0 fully saturated rings. The standard InChI is InChI=1S/C10H11F3N2O2/c11-10(12,13)6-1-2-8-14-7(3-9(16)17)5-15(8)4-6/h5-6H,1-4H2,(H,16,17). The second-order valence-electron chi connectivity index (χ2n) is 4.15. The number of carboxylic acids is 1. The number of nitrogens with zero attached hydrogens (tertiary/aromatic N) is 2. The van der Waals surface area contributed by atoms with Gasteiger partial charge in [0.15, 0.2) is 0 Å². The SMILES string of the molecule is O=C(O)Cc1cn2c(n1)CCC(C(F)(F)F)C2. The highest BCUT2D eigenvalue weighted by molar-refractivity contribution is 5.69. The largest absolute Gasteiger partial charge is 0.481 e. The molecule has 1 aliphatic heterocycles. The number of imidazole rings is 1. The zero-order valence-corrected chi connectivity index (χ0v) is 8.87. The molecule has 1 aromatic rings. The quantitative estimate of drug-likeness (QED) is 0.865. The minimum absolute atomic E-state index is 0.0209. The van der Waals surface area contributed by atoms with Crippen molar-refractivity contribution in [3.05, 3.63) is 17.7 Å². The molecule has 0 aliphatic carbocycles. The lowest BCUT2D eigenvalue weighted by Crippen LogP contribution is -2.31.